The van der Waals surface area contributed by atoms with Gasteiger partial charge in [-0.15, -0.1) is 0 Å². The molecule has 0 saturated carbocycles. The smallest absolute Gasteiger partial charge is 0.361 e. The van der Waals surface area contributed by atoms with Gasteiger partial charge in [0.25, 0.3) is 0 Å². The van der Waals surface area contributed by atoms with Gasteiger partial charge in [-0.1, -0.05) is 30.3 Å². The summed E-state index contributed by atoms with van der Waals surface area (Å²) in [4.78, 5) is 22.2. The number of aromatic amines is 2. The van der Waals surface area contributed by atoms with Gasteiger partial charge in [-0.05, 0) is 49.9 Å². The molecule has 0 amide bonds. The van der Waals surface area contributed by atoms with Crippen molar-refractivity contribution in [1.82, 2.24) is 14.5 Å². The monoisotopic (exact) mass is 447 g/mol. The molecule has 2 N–H and O–H groups in total. The summed E-state index contributed by atoms with van der Waals surface area (Å²) in [6.07, 6.45) is 5.37. The Morgan fingerprint density at radius 2 is 1.76 bits per heavy atom. The van der Waals surface area contributed by atoms with Gasteiger partial charge in [0.15, 0.2) is 22.5 Å². The van der Waals surface area contributed by atoms with E-state index in [0.717, 1.165) is 48.4 Å². The van der Waals surface area contributed by atoms with Crippen LogP contribution in [0.4, 0.5) is 0 Å². The van der Waals surface area contributed by atoms with E-state index in [0.29, 0.717) is 23.6 Å². The van der Waals surface area contributed by atoms with Crippen LogP contribution in [-0.4, -0.2) is 48.3 Å². The van der Waals surface area contributed by atoms with Gasteiger partial charge < -0.3 is 14.5 Å². The SMILES string of the molecule is COc1cc2[nH]c3c(=O)n(CCN4CCC(Cc5ccccc5)CC4)c[nH+]c3c2cc1OC. The molecule has 1 aliphatic rings. The second kappa shape index (κ2) is 9.27. The normalized spacial score (nSPS) is 15.3. The van der Waals surface area contributed by atoms with E-state index < -0.39 is 0 Å². The zero-order valence-electron chi connectivity index (χ0n) is 19.3. The first-order chi connectivity index (χ1) is 16.2. The number of nitrogens with zero attached hydrogens (tertiary/aromatic N) is 2. The molecule has 0 bridgehead atoms. The number of benzene rings is 2. The van der Waals surface area contributed by atoms with Gasteiger partial charge in [0.05, 0.1) is 25.1 Å². The summed E-state index contributed by atoms with van der Waals surface area (Å²) >= 11 is 0. The van der Waals surface area contributed by atoms with Crippen molar-refractivity contribution >= 4 is 21.9 Å². The van der Waals surface area contributed by atoms with E-state index in [1.165, 1.54) is 18.4 Å². The van der Waals surface area contributed by atoms with Gasteiger partial charge in [0.1, 0.15) is 6.54 Å². The van der Waals surface area contributed by atoms with Crippen molar-refractivity contribution in [1.29, 1.82) is 0 Å². The predicted molar refractivity (Wildman–Crippen MR) is 129 cm³/mol. The molecule has 0 aliphatic carbocycles. The average Bonchev–Trinajstić information content (AvgIpc) is 3.22. The molecule has 4 aromatic rings. The van der Waals surface area contributed by atoms with Gasteiger partial charge in [-0.3, -0.25) is 4.90 Å². The first-order valence-electron chi connectivity index (χ1n) is 11.6. The fraction of sp³-hybridized carbons (Fsp3) is 0.385. The fourth-order valence-corrected chi connectivity index (χ4v) is 4.95. The number of fused-ring (bicyclic) bond motifs is 3. The number of aromatic nitrogens is 3. The Labute approximate surface area is 193 Å². The lowest BCUT2D eigenvalue weighted by molar-refractivity contribution is -0.352. The fourth-order valence-electron chi connectivity index (χ4n) is 4.95. The maximum absolute atomic E-state index is 13.2. The molecule has 7 heteroatoms. The largest absolute Gasteiger partial charge is 0.493 e. The molecule has 2 aromatic carbocycles. The summed E-state index contributed by atoms with van der Waals surface area (Å²) in [6, 6.07) is 14.5. The summed E-state index contributed by atoms with van der Waals surface area (Å²) in [5, 5.41) is 0.910. The predicted octanol–water partition coefficient (Wildman–Crippen LogP) is 3.27. The number of likely N-dealkylation sites (tertiary alicyclic amines) is 1. The molecular weight excluding hydrogens is 416 g/mol. The molecule has 7 nitrogen and oxygen atoms in total. The van der Waals surface area contributed by atoms with Gasteiger partial charge >= 0.3 is 5.56 Å². The average molecular weight is 448 g/mol. The molecule has 0 spiro atoms. The Morgan fingerprint density at radius 1 is 1.03 bits per heavy atom. The van der Waals surface area contributed by atoms with Crippen molar-refractivity contribution in [2.75, 3.05) is 33.9 Å². The van der Waals surface area contributed by atoms with E-state index in [4.69, 9.17) is 9.47 Å². The zero-order valence-corrected chi connectivity index (χ0v) is 19.3. The van der Waals surface area contributed by atoms with Crippen molar-refractivity contribution in [2.24, 2.45) is 5.92 Å². The van der Waals surface area contributed by atoms with Gasteiger partial charge in [-0.25, -0.2) is 9.78 Å². The van der Waals surface area contributed by atoms with E-state index in [2.05, 4.69) is 45.2 Å². The molecule has 3 heterocycles. The molecule has 33 heavy (non-hydrogen) atoms. The van der Waals surface area contributed by atoms with Crippen LogP contribution in [0.2, 0.25) is 0 Å². The van der Waals surface area contributed by atoms with Crippen molar-refractivity contribution in [3.05, 3.63) is 64.7 Å². The maximum Gasteiger partial charge on any atom is 0.361 e. The summed E-state index contributed by atoms with van der Waals surface area (Å²) in [5.74, 6) is 2.02. The molecule has 1 saturated heterocycles. The van der Waals surface area contributed by atoms with Crippen LogP contribution >= 0.6 is 0 Å². The number of rotatable bonds is 7. The van der Waals surface area contributed by atoms with E-state index in [1.807, 2.05) is 12.1 Å². The molecule has 0 radical (unpaired) electrons. The Morgan fingerprint density at radius 3 is 2.48 bits per heavy atom. The molecular formula is C26H31N4O3+. The van der Waals surface area contributed by atoms with Gasteiger partial charge in [0.2, 0.25) is 6.33 Å². The Kier molecular flexibility index (Phi) is 6.05. The van der Waals surface area contributed by atoms with Crippen LogP contribution in [0.25, 0.3) is 21.9 Å². The number of piperidine rings is 1. The van der Waals surface area contributed by atoms with Crippen LogP contribution in [-0.2, 0) is 13.0 Å². The van der Waals surface area contributed by atoms with E-state index >= 15 is 0 Å². The standard InChI is InChI=1S/C26H30N4O3/c1-32-22-15-20-21(16-23(22)33-2)28-25-24(20)27-17-30(26(25)31)13-12-29-10-8-19(9-11-29)14-18-6-4-3-5-7-18/h3-7,15-17,19,28H,8-14H2,1-2H3/p+1. The minimum Gasteiger partial charge on any atom is -0.493 e. The number of H-pyrrole nitrogens is 2. The van der Waals surface area contributed by atoms with Crippen LogP contribution in [0, 0.1) is 5.92 Å². The summed E-state index contributed by atoms with van der Waals surface area (Å²) in [7, 11) is 3.22. The second-order valence-electron chi connectivity index (χ2n) is 8.87. The van der Waals surface area contributed by atoms with Crippen molar-refractivity contribution in [3.8, 4) is 11.5 Å². The molecule has 0 atom stereocenters. The lowest BCUT2D eigenvalue weighted by Crippen LogP contribution is -2.38. The van der Waals surface area contributed by atoms with E-state index in [1.54, 1.807) is 25.1 Å². The third-order valence-electron chi connectivity index (χ3n) is 6.87. The number of nitrogens with one attached hydrogen (secondary N) is 2. The minimum absolute atomic E-state index is 0.0168. The quantitative estimate of drug-likeness (QED) is 0.472. The molecule has 5 rings (SSSR count). The molecule has 1 aliphatic heterocycles. The zero-order chi connectivity index (χ0) is 22.8. The van der Waals surface area contributed by atoms with Crippen molar-refractivity contribution < 1.29 is 14.5 Å². The first-order valence-corrected chi connectivity index (χ1v) is 11.6. The van der Waals surface area contributed by atoms with Crippen LogP contribution in [0.1, 0.15) is 18.4 Å². The van der Waals surface area contributed by atoms with Crippen molar-refractivity contribution in [3.63, 3.8) is 0 Å². The highest BCUT2D eigenvalue weighted by atomic mass is 16.5. The number of hydrogen-bond donors (Lipinski definition) is 1. The number of hydrogen-bond acceptors (Lipinski definition) is 4. The van der Waals surface area contributed by atoms with Gasteiger partial charge in [0, 0.05) is 12.6 Å². The minimum atomic E-state index is -0.0168. The molecule has 1 fully saturated rings. The first kappa shape index (κ1) is 21.5. The maximum atomic E-state index is 13.2. The topological polar surface area (TPSA) is 73.6 Å². The Bertz CT molecular complexity index is 1300. The van der Waals surface area contributed by atoms with Crippen LogP contribution in [0.5, 0.6) is 11.5 Å². The highest BCUT2D eigenvalue weighted by Crippen LogP contribution is 2.33. The van der Waals surface area contributed by atoms with Crippen LogP contribution < -0.4 is 20.0 Å². The van der Waals surface area contributed by atoms with Gasteiger partial charge in [-0.2, -0.15) is 4.57 Å². The highest BCUT2D eigenvalue weighted by Gasteiger charge is 2.22. The number of methoxy groups -OCH3 is 2. The second-order valence-corrected chi connectivity index (χ2v) is 8.87. The highest BCUT2D eigenvalue weighted by molar-refractivity contribution is 6.03. The third-order valence-corrected chi connectivity index (χ3v) is 6.87. The molecule has 0 unspecified atom stereocenters. The molecule has 2 aromatic heterocycles. The van der Waals surface area contributed by atoms with Crippen LogP contribution in [0.15, 0.2) is 53.6 Å². The summed E-state index contributed by atoms with van der Waals surface area (Å²) in [6.45, 7) is 3.71. The lowest BCUT2D eigenvalue weighted by Gasteiger charge is -2.31. The number of ether oxygens (including phenoxy) is 2. The third kappa shape index (κ3) is 4.33. The summed E-state index contributed by atoms with van der Waals surface area (Å²) < 4.78 is 12.6. The van der Waals surface area contributed by atoms with Crippen molar-refractivity contribution in [2.45, 2.75) is 25.8 Å². The van der Waals surface area contributed by atoms with E-state index in [-0.39, 0.29) is 5.56 Å². The summed E-state index contributed by atoms with van der Waals surface area (Å²) in [5.41, 5.74) is 3.62. The lowest BCUT2D eigenvalue weighted by atomic mass is 9.90. The molecule has 172 valence electrons. The Hall–Kier alpha value is -3.32. The Balaban J connectivity index is 1.26. The van der Waals surface area contributed by atoms with Crippen LogP contribution in [0.3, 0.4) is 0 Å². The van der Waals surface area contributed by atoms with E-state index in [9.17, 15) is 4.79 Å².